The van der Waals surface area contributed by atoms with Crippen LogP contribution in [0.1, 0.15) is 47.8 Å². The first kappa shape index (κ1) is 25.7. The Labute approximate surface area is 223 Å². The maximum absolute atomic E-state index is 13.0. The van der Waals surface area contributed by atoms with Gasteiger partial charge in [0.1, 0.15) is 22.8 Å². The van der Waals surface area contributed by atoms with Crippen LogP contribution in [-0.4, -0.2) is 27.6 Å². The van der Waals surface area contributed by atoms with Crippen LogP contribution < -0.4 is 10.8 Å². The Morgan fingerprint density at radius 3 is 2.54 bits per heavy atom. The molecular formula is C30H27N3O6. The first-order chi connectivity index (χ1) is 18.7. The van der Waals surface area contributed by atoms with Crippen LogP contribution in [0.4, 0.5) is 5.69 Å². The number of hydrogen-bond donors (Lipinski definition) is 2. The minimum atomic E-state index is -0.599. The largest absolute Gasteiger partial charge is 0.505 e. The second-order valence-electron chi connectivity index (χ2n) is 9.45. The van der Waals surface area contributed by atoms with Crippen LogP contribution >= 0.6 is 0 Å². The zero-order valence-corrected chi connectivity index (χ0v) is 21.9. The first-order valence-corrected chi connectivity index (χ1v) is 12.5. The number of carbonyl (C=O) groups is 1. The minimum Gasteiger partial charge on any atom is -0.505 e. The number of allylic oxidation sites excluding steroid dienone is 1. The number of ether oxygens (including phenoxy) is 1. The van der Waals surface area contributed by atoms with Crippen molar-refractivity contribution in [3.05, 3.63) is 115 Å². The van der Waals surface area contributed by atoms with Crippen molar-refractivity contribution < 1.29 is 24.0 Å². The summed E-state index contributed by atoms with van der Waals surface area (Å²) in [5.74, 6) is -0.466. The Kier molecular flexibility index (Phi) is 6.66. The summed E-state index contributed by atoms with van der Waals surface area (Å²) in [6.07, 6.45) is 1.60. The van der Waals surface area contributed by atoms with Crippen molar-refractivity contribution in [2.45, 2.75) is 33.6 Å². The predicted octanol–water partition coefficient (Wildman–Crippen LogP) is 4.94. The maximum atomic E-state index is 13.0. The van der Waals surface area contributed by atoms with Gasteiger partial charge in [-0.3, -0.25) is 10.1 Å². The van der Waals surface area contributed by atoms with Crippen molar-refractivity contribution in [3.8, 4) is 17.1 Å². The summed E-state index contributed by atoms with van der Waals surface area (Å²) in [4.78, 5) is 31.9. The highest BCUT2D eigenvalue weighted by Crippen LogP contribution is 2.38. The molecule has 9 heteroatoms. The smallest absolute Gasteiger partial charge is 0.336 e. The SMILES string of the molecule is CCOC(=O)C1=C(C)N=c2[nH]c(=Cc3ccc(-c4ccc(C)cc4[N+](=O)[O-])o3)c(O)c2C1c1ccc(C)cc1. The van der Waals surface area contributed by atoms with Crippen LogP contribution in [0.3, 0.4) is 0 Å². The molecule has 2 aromatic carbocycles. The zero-order valence-electron chi connectivity index (χ0n) is 21.9. The molecule has 5 rings (SSSR count). The van der Waals surface area contributed by atoms with E-state index in [9.17, 15) is 20.0 Å². The number of rotatable bonds is 6. The van der Waals surface area contributed by atoms with E-state index in [1.807, 2.05) is 31.2 Å². The normalized spacial score (nSPS) is 15.2. The lowest BCUT2D eigenvalue weighted by atomic mass is 9.83. The van der Waals surface area contributed by atoms with E-state index < -0.39 is 16.8 Å². The van der Waals surface area contributed by atoms with Gasteiger partial charge in [-0.2, -0.15) is 0 Å². The van der Waals surface area contributed by atoms with Crippen LogP contribution in [0.2, 0.25) is 0 Å². The van der Waals surface area contributed by atoms with Gasteiger partial charge in [-0.15, -0.1) is 0 Å². The molecule has 0 saturated heterocycles. The third-order valence-corrected chi connectivity index (χ3v) is 6.70. The van der Waals surface area contributed by atoms with Gasteiger partial charge in [0.2, 0.25) is 0 Å². The number of nitrogens with zero attached hydrogens (tertiary/aromatic N) is 2. The number of nitrogens with one attached hydrogen (secondary N) is 1. The number of nitro groups is 1. The molecule has 0 fully saturated rings. The maximum Gasteiger partial charge on any atom is 0.336 e. The molecule has 3 heterocycles. The van der Waals surface area contributed by atoms with Gasteiger partial charge < -0.3 is 19.2 Å². The molecule has 198 valence electrons. The topological polar surface area (TPSA) is 131 Å². The van der Waals surface area contributed by atoms with Crippen molar-refractivity contribution >= 4 is 17.7 Å². The number of aryl methyl sites for hydroxylation is 2. The highest BCUT2D eigenvalue weighted by Gasteiger charge is 2.35. The van der Waals surface area contributed by atoms with Gasteiger partial charge in [-0.05, 0) is 57.0 Å². The number of esters is 1. The fourth-order valence-corrected chi connectivity index (χ4v) is 4.84. The molecule has 0 amide bonds. The minimum absolute atomic E-state index is 0.0538. The van der Waals surface area contributed by atoms with Gasteiger partial charge in [-0.1, -0.05) is 35.9 Å². The van der Waals surface area contributed by atoms with E-state index in [1.54, 1.807) is 51.1 Å². The van der Waals surface area contributed by atoms with E-state index in [0.29, 0.717) is 44.8 Å². The number of furan rings is 1. The van der Waals surface area contributed by atoms with E-state index in [4.69, 9.17) is 9.15 Å². The van der Waals surface area contributed by atoms with Crippen LogP contribution in [0.15, 0.2) is 75.3 Å². The van der Waals surface area contributed by atoms with Gasteiger partial charge in [-0.25, -0.2) is 9.79 Å². The number of aromatic nitrogens is 1. The number of aromatic amines is 1. The molecule has 1 aliphatic heterocycles. The Balaban J connectivity index is 1.63. The number of carbonyl (C=O) groups excluding carboxylic acids is 1. The predicted molar refractivity (Wildman–Crippen MR) is 145 cm³/mol. The molecule has 0 aliphatic carbocycles. The summed E-state index contributed by atoms with van der Waals surface area (Å²) in [6, 6.07) is 16.0. The number of H-pyrrole nitrogens is 1. The molecule has 0 radical (unpaired) electrons. The Hall–Kier alpha value is -4.92. The molecule has 0 spiro atoms. The molecule has 0 saturated carbocycles. The van der Waals surface area contributed by atoms with Gasteiger partial charge in [0, 0.05) is 12.1 Å². The Bertz CT molecular complexity index is 1760. The van der Waals surface area contributed by atoms with Crippen molar-refractivity contribution in [3.63, 3.8) is 0 Å². The molecule has 0 bridgehead atoms. The monoisotopic (exact) mass is 525 g/mol. The van der Waals surface area contributed by atoms with Crippen LogP contribution in [0, 0.1) is 24.0 Å². The Morgan fingerprint density at radius 1 is 1.13 bits per heavy atom. The number of benzene rings is 2. The van der Waals surface area contributed by atoms with Crippen molar-refractivity contribution in [1.82, 2.24) is 4.98 Å². The van der Waals surface area contributed by atoms with Gasteiger partial charge in [0.25, 0.3) is 5.69 Å². The lowest BCUT2D eigenvalue weighted by Gasteiger charge is -2.23. The Morgan fingerprint density at radius 2 is 1.85 bits per heavy atom. The van der Waals surface area contributed by atoms with Crippen LogP contribution in [-0.2, 0) is 9.53 Å². The number of nitro benzene ring substituents is 1. The average Bonchev–Trinajstić information content (AvgIpc) is 3.48. The van der Waals surface area contributed by atoms with E-state index in [0.717, 1.165) is 16.7 Å². The fraction of sp³-hybridized carbons (Fsp3) is 0.200. The summed E-state index contributed by atoms with van der Waals surface area (Å²) in [5.41, 5.74) is 4.68. The average molecular weight is 526 g/mol. The summed E-state index contributed by atoms with van der Waals surface area (Å²) < 4.78 is 11.3. The number of hydrogen-bond acceptors (Lipinski definition) is 7. The third kappa shape index (κ3) is 4.74. The van der Waals surface area contributed by atoms with Crippen molar-refractivity contribution in [2.24, 2.45) is 4.99 Å². The highest BCUT2D eigenvalue weighted by atomic mass is 16.6. The summed E-state index contributed by atoms with van der Waals surface area (Å²) in [6.45, 7) is 7.45. The highest BCUT2D eigenvalue weighted by molar-refractivity contribution is 5.92. The van der Waals surface area contributed by atoms with E-state index >= 15 is 0 Å². The summed E-state index contributed by atoms with van der Waals surface area (Å²) in [7, 11) is 0. The van der Waals surface area contributed by atoms with Crippen molar-refractivity contribution in [1.29, 1.82) is 0 Å². The lowest BCUT2D eigenvalue weighted by Crippen LogP contribution is -2.26. The third-order valence-electron chi connectivity index (χ3n) is 6.70. The van der Waals surface area contributed by atoms with Crippen LogP contribution in [0.25, 0.3) is 17.4 Å². The molecule has 2 aromatic heterocycles. The standard InChI is InChI=1S/C30H27N3O6/c1-5-38-30(35)25-18(4)31-29-27(26(25)19-9-6-16(2)7-10-19)28(34)22(32-29)15-20-11-13-24(39-20)21-12-8-17(3)14-23(21)33(36)37/h6-15,26,34H,5H2,1-4H3,(H,31,32). The molecule has 2 N–H and O–H groups in total. The fourth-order valence-electron chi connectivity index (χ4n) is 4.84. The second kappa shape index (κ2) is 10.1. The number of fused-ring (bicyclic) bond motifs is 1. The first-order valence-electron chi connectivity index (χ1n) is 12.5. The summed E-state index contributed by atoms with van der Waals surface area (Å²) in [5, 5.41) is 23.3. The summed E-state index contributed by atoms with van der Waals surface area (Å²) >= 11 is 0. The van der Waals surface area contributed by atoms with Gasteiger partial charge in [0.05, 0.1) is 45.2 Å². The number of aromatic hydroxyl groups is 1. The molecule has 1 aliphatic rings. The molecule has 4 aromatic rings. The molecule has 9 nitrogen and oxygen atoms in total. The molecule has 1 atom stereocenters. The van der Waals surface area contributed by atoms with E-state index in [-0.39, 0.29) is 18.0 Å². The van der Waals surface area contributed by atoms with E-state index in [1.165, 1.54) is 6.07 Å². The molecule has 1 unspecified atom stereocenters. The lowest BCUT2D eigenvalue weighted by molar-refractivity contribution is -0.384. The quantitative estimate of drug-likeness (QED) is 0.208. The zero-order chi connectivity index (χ0) is 27.8. The second-order valence-corrected chi connectivity index (χ2v) is 9.45. The van der Waals surface area contributed by atoms with E-state index in [2.05, 4.69) is 9.98 Å². The van der Waals surface area contributed by atoms with Gasteiger partial charge >= 0.3 is 5.97 Å². The van der Waals surface area contributed by atoms with Gasteiger partial charge in [0.15, 0.2) is 0 Å². The molecule has 39 heavy (non-hydrogen) atoms. The van der Waals surface area contributed by atoms with Crippen LogP contribution in [0.5, 0.6) is 5.75 Å². The van der Waals surface area contributed by atoms with Crippen molar-refractivity contribution in [2.75, 3.05) is 6.61 Å². The molecular weight excluding hydrogens is 498 g/mol.